The number of aryl methyl sites for hydroxylation is 1. The summed E-state index contributed by atoms with van der Waals surface area (Å²) in [4.78, 5) is 12.0. The summed E-state index contributed by atoms with van der Waals surface area (Å²) in [6.07, 6.45) is -4.54. The van der Waals surface area contributed by atoms with E-state index in [0.29, 0.717) is 0 Å². The van der Waals surface area contributed by atoms with Crippen LogP contribution in [0.4, 0.5) is 24.9 Å². The molecule has 0 spiro atoms. The second-order valence-corrected chi connectivity index (χ2v) is 4.09. The maximum Gasteiger partial charge on any atom is 0.416 e. The quantitative estimate of drug-likeness (QED) is 0.911. The highest BCUT2D eigenvalue weighted by atomic mass is 19.4. The molecule has 1 heterocycles. The third-order valence-corrected chi connectivity index (χ3v) is 2.61. The molecule has 1 aromatic carbocycles. The molecule has 112 valence electrons. The summed E-state index contributed by atoms with van der Waals surface area (Å²) < 4.78 is 43.1. The van der Waals surface area contributed by atoms with E-state index in [1.54, 1.807) is 0 Å². The van der Waals surface area contributed by atoms with Gasteiger partial charge in [-0.15, -0.1) is 5.10 Å². The number of aromatic nitrogens is 2. The summed E-state index contributed by atoms with van der Waals surface area (Å²) in [5, 5.41) is 11.9. The first kappa shape index (κ1) is 14.8. The molecule has 1 amide bonds. The average molecular weight is 300 g/mol. The van der Waals surface area contributed by atoms with Crippen LogP contribution in [0.2, 0.25) is 0 Å². The molecule has 0 aliphatic heterocycles. The number of amides is 1. The molecule has 21 heavy (non-hydrogen) atoms. The van der Waals surface area contributed by atoms with E-state index in [2.05, 4.69) is 20.8 Å². The van der Waals surface area contributed by atoms with E-state index < -0.39 is 17.6 Å². The lowest BCUT2D eigenvalue weighted by Gasteiger charge is -2.12. The maximum absolute atomic E-state index is 12.7. The van der Waals surface area contributed by atoms with Crippen molar-refractivity contribution < 1.29 is 22.4 Å². The normalized spacial score (nSPS) is 11.3. The molecule has 0 unspecified atom stereocenters. The number of carbonyl (C=O) groups is 1. The molecule has 0 saturated heterocycles. The lowest BCUT2D eigenvalue weighted by atomic mass is 10.1. The van der Waals surface area contributed by atoms with Gasteiger partial charge >= 0.3 is 12.2 Å². The van der Waals surface area contributed by atoms with Gasteiger partial charge in [-0.1, -0.05) is 5.10 Å². The Bertz CT molecular complexity index is 667. The van der Waals surface area contributed by atoms with Crippen LogP contribution < -0.4 is 10.6 Å². The molecule has 1 aromatic heterocycles. The van der Waals surface area contributed by atoms with Crippen LogP contribution >= 0.6 is 0 Å². The van der Waals surface area contributed by atoms with Gasteiger partial charge in [-0.3, -0.25) is 10.1 Å². The van der Waals surface area contributed by atoms with Crippen molar-refractivity contribution in [2.24, 2.45) is 0 Å². The first-order valence-electron chi connectivity index (χ1n) is 5.81. The van der Waals surface area contributed by atoms with Crippen molar-refractivity contribution in [1.82, 2.24) is 10.2 Å². The van der Waals surface area contributed by atoms with Crippen LogP contribution in [0.15, 0.2) is 22.6 Å². The van der Waals surface area contributed by atoms with Gasteiger partial charge in [0, 0.05) is 19.7 Å². The van der Waals surface area contributed by atoms with Crippen LogP contribution in [-0.4, -0.2) is 23.2 Å². The number of hydrogen-bond acceptors (Lipinski definition) is 5. The van der Waals surface area contributed by atoms with E-state index >= 15 is 0 Å². The number of alkyl halides is 3. The predicted molar refractivity (Wildman–Crippen MR) is 68.0 cm³/mol. The highest BCUT2D eigenvalue weighted by Crippen LogP contribution is 2.32. The van der Waals surface area contributed by atoms with Gasteiger partial charge in [0.2, 0.25) is 5.89 Å². The first-order valence-corrected chi connectivity index (χ1v) is 5.81. The van der Waals surface area contributed by atoms with Crippen molar-refractivity contribution in [2.45, 2.75) is 13.1 Å². The standard InChI is InChI=1S/C12H11F3N4O2/c1-6-18-19-11(21-6)17-10(20)8-5-7(12(13,14)15)3-4-9(8)16-2/h3-5,16H,1-2H3,(H,17,19,20). The number of hydrogen-bond donors (Lipinski definition) is 2. The SMILES string of the molecule is CNc1ccc(C(F)(F)F)cc1C(=O)Nc1nnc(C)o1. The summed E-state index contributed by atoms with van der Waals surface area (Å²) >= 11 is 0. The Kier molecular flexibility index (Phi) is 3.83. The van der Waals surface area contributed by atoms with Crippen LogP contribution in [0.5, 0.6) is 0 Å². The number of carbonyl (C=O) groups excluding carboxylic acids is 1. The Hall–Kier alpha value is -2.58. The van der Waals surface area contributed by atoms with Crippen LogP contribution in [-0.2, 0) is 6.18 Å². The third kappa shape index (κ3) is 3.30. The molecular formula is C12H11F3N4O2. The van der Waals surface area contributed by atoms with E-state index in [4.69, 9.17) is 4.42 Å². The zero-order valence-electron chi connectivity index (χ0n) is 11.1. The van der Waals surface area contributed by atoms with Crippen molar-refractivity contribution in [2.75, 3.05) is 17.7 Å². The Balaban J connectivity index is 2.34. The summed E-state index contributed by atoms with van der Waals surface area (Å²) in [5.74, 6) is -0.558. The fourth-order valence-electron chi connectivity index (χ4n) is 1.64. The fraction of sp³-hybridized carbons (Fsp3) is 0.250. The lowest BCUT2D eigenvalue weighted by Crippen LogP contribution is -2.16. The summed E-state index contributed by atoms with van der Waals surface area (Å²) in [6.45, 7) is 1.52. The van der Waals surface area contributed by atoms with Crippen LogP contribution in [0.25, 0.3) is 0 Å². The van der Waals surface area contributed by atoms with Gasteiger partial charge in [0.05, 0.1) is 11.1 Å². The maximum atomic E-state index is 12.7. The number of nitrogens with one attached hydrogen (secondary N) is 2. The van der Waals surface area contributed by atoms with E-state index in [1.165, 1.54) is 20.0 Å². The minimum atomic E-state index is -4.54. The Morgan fingerprint density at radius 2 is 2.00 bits per heavy atom. The molecule has 0 aliphatic rings. The number of nitrogens with zero attached hydrogens (tertiary/aromatic N) is 2. The van der Waals surface area contributed by atoms with Crippen molar-refractivity contribution in [3.05, 3.63) is 35.2 Å². The number of benzene rings is 1. The highest BCUT2D eigenvalue weighted by Gasteiger charge is 2.31. The van der Waals surface area contributed by atoms with Crippen molar-refractivity contribution in [3.63, 3.8) is 0 Å². The van der Waals surface area contributed by atoms with Gasteiger partial charge in [0.1, 0.15) is 0 Å². The largest absolute Gasteiger partial charge is 0.416 e. The molecule has 0 aliphatic carbocycles. The molecule has 0 atom stereocenters. The minimum absolute atomic E-state index is 0.178. The predicted octanol–water partition coefficient (Wildman–Crippen LogP) is 2.69. The molecule has 0 fully saturated rings. The third-order valence-electron chi connectivity index (χ3n) is 2.61. The van der Waals surface area contributed by atoms with E-state index in [-0.39, 0.29) is 23.2 Å². The molecule has 2 rings (SSSR count). The molecule has 2 aromatic rings. The average Bonchev–Trinajstić information content (AvgIpc) is 2.82. The number of halogens is 3. The monoisotopic (exact) mass is 300 g/mol. The van der Waals surface area contributed by atoms with Gasteiger partial charge in [0.15, 0.2) is 0 Å². The summed E-state index contributed by atoms with van der Waals surface area (Å²) in [6, 6.07) is 2.64. The van der Waals surface area contributed by atoms with Crippen molar-refractivity contribution in [1.29, 1.82) is 0 Å². The van der Waals surface area contributed by atoms with Crippen molar-refractivity contribution >= 4 is 17.6 Å². The molecule has 0 saturated carbocycles. The summed E-state index contributed by atoms with van der Waals surface area (Å²) in [7, 11) is 1.50. The van der Waals surface area contributed by atoms with Gasteiger partial charge in [-0.2, -0.15) is 13.2 Å². The molecular weight excluding hydrogens is 289 g/mol. The second kappa shape index (κ2) is 5.43. The smallest absolute Gasteiger partial charge is 0.408 e. The molecule has 0 radical (unpaired) electrons. The Morgan fingerprint density at radius 3 is 2.52 bits per heavy atom. The van der Waals surface area contributed by atoms with Gasteiger partial charge in [-0.05, 0) is 18.2 Å². The molecule has 2 N–H and O–H groups in total. The first-order chi connectivity index (χ1) is 9.81. The van der Waals surface area contributed by atoms with Crippen molar-refractivity contribution in [3.8, 4) is 0 Å². The zero-order chi connectivity index (χ0) is 15.6. The number of rotatable bonds is 3. The fourth-order valence-corrected chi connectivity index (χ4v) is 1.64. The minimum Gasteiger partial charge on any atom is -0.408 e. The molecule has 9 heteroatoms. The van der Waals surface area contributed by atoms with Crippen LogP contribution in [0.1, 0.15) is 21.8 Å². The summed E-state index contributed by atoms with van der Waals surface area (Å²) in [5.41, 5.74) is -0.853. The Morgan fingerprint density at radius 1 is 1.29 bits per heavy atom. The van der Waals surface area contributed by atoms with E-state index in [9.17, 15) is 18.0 Å². The molecule has 0 bridgehead atoms. The van der Waals surface area contributed by atoms with Gasteiger partial charge < -0.3 is 9.73 Å². The zero-order valence-corrected chi connectivity index (χ0v) is 11.1. The van der Waals surface area contributed by atoms with Crippen LogP contribution in [0, 0.1) is 6.92 Å². The molecule has 6 nitrogen and oxygen atoms in total. The Labute approximate surface area is 117 Å². The van der Waals surface area contributed by atoms with E-state index in [1.807, 2.05) is 0 Å². The van der Waals surface area contributed by atoms with Gasteiger partial charge in [0.25, 0.3) is 5.91 Å². The number of anilines is 2. The second-order valence-electron chi connectivity index (χ2n) is 4.09. The highest BCUT2D eigenvalue weighted by molar-refractivity contribution is 6.07. The van der Waals surface area contributed by atoms with E-state index in [0.717, 1.165) is 12.1 Å². The topological polar surface area (TPSA) is 80.0 Å². The lowest BCUT2D eigenvalue weighted by molar-refractivity contribution is -0.137. The van der Waals surface area contributed by atoms with Gasteiger partial charge in [-0.25, -0.2) is 0 Å². The van der Waals surface area contributed by atoms with Crippen LogP contribution in [0.3, 0.4) is 0 Å².